The summed E-state index contributed by atoms with van der Waals surface area (Å²) in [5, 5.41) is 20.4. The first kappa shape index (κ1) is 10.4. The van der Waals surface area contributed by atoms with Crippen LogP contribution in [-0.4, -0.2) is 21.9 Å². The Morgan fingerprint density at radius 3 is 2.14 bits per heavy atom. The summed E-state index contributed by atoms with van der Waals surface area (Å²) in [6, 6.07) is 0. The number of hydrogen-bond acceptors (Lipinski definition) is 2. The standard InChI is InChI=1S/C12H22O2/c1-9-5-7-12(14,8-6-9)11(13)10-3-2-4-10/h9-11,13-14H,2-8H2,1H3. The zero-order valence-corrected chi connectivity index (χ0v) is 9.08. The van der Waals surface area contributed by atoms with Crippen LogP contribution in [0.15, 0.2) is 0 Å². The summed E-state index contributed by atoms with van der Waals surface area (Å²) in [7, 11) is 0. The van der Waals surface area contributed by atoms with Gasteiger partial charge in [0.15, 0.2) is 0 Å². The van der Waals surface area contributed by atoms with Crippen LogP contribution >= 0.6 is 0 Å². The van der Waals surface area contributed by atoms with Crippen LogP contribution in [0.25, 0.3) is 0 Å². The molecule has 0 aliphatic heterocycles. The van der Waals surface area contributed by atoms with Crippen molar-refractivity contribution in [2.45, 2.75) is 63.6 Å². The third kappa shape index (κ3) is 1.82. The molecule has 0 bridgehead atoms. The molecule has 1 atom stereocenters. The zero-order valence-electron chi connectivity index (χ0n) is 9.08. The second-order valence-corrected chi connectivity index (χ2v) is 5.42. The summed E-state index contributed by atoms with van der Waals surface area (Å²) in [6.07, 6.45) is 6.73. The Labute approximate surface area is 86.3 Å². The first-order valence-electron chi connectivity index (χ1n) is 6.02. The van der Waals surface area contributed by atoms with Gasteiger partial charge in [0.25, 0.3) is 0 Å². The van der Waals surface area contributed by atoms with Gasteiger partial charge in [0.2, 0.25) is 0 Å². The highest BCUT2D eigenvalue weighted by molar-refractivity contribution is 4.95. The monoisotopic (exact) mass is 198 g/mol. The van der Waals surface area contributed by atoms with Gasteiger partial charge >= 0.3 is 0 Å². The molecule has 0 amide bonds. The molecule has 2 N–H and O–H groups in total. The molecule has 1 unspecified atom stereocenters. The average Bonchev–Trinajstić information content (AvgIpc) is 2.07. The largest absolute Gasteiger partial charge is 0.390 e. The number of aliphatic hydroxyl groups excluding tert-OH is 1. The van der Waals surface area contributed by atoms with Gasteiger partial charge < -0.3 is 10.2 Å². The highest BCUT2D eigenvalue weighted by Gasteiger charge is 2.43. The summed E-state index contributed by atoms with van der Waals surface area (Å²) in [6.45, 7) is 2.23. The molecule has 0 aromatic carbocycles. The summed E-state index contributed by atoms with van der Waals surface area (Å²) in [5.74, 6) is 1.11. The van der Waals surface area contributed by atoms with Crippen molar-refractivity contribution in [1.82, 2.24) is 0 Å². The van der Waals surface area contributed by atoms with Crippen LogP contribution in [-0.2, 0) is 0 Å². The maximum Gasteiger partial charge on any atom is 0.0908 e. The number of rotatable bonds is 2. The fourth-order valence-electron chi connectivity index (χ4n) is 2.75. The molecular weight excluding hydrogens is 176 g/mol. The molecule has 0 heterocycles. The smallest absolute Gasteiger partial charge is 0.0908 e. The van der Waals surface area contributed by atoms with Gasteiger partial charge in [0, 0.05) is 0 Å². The summed E-state index contributed by atoms with van der Waals surface area (Å²) in [4.78, 5) is 0. The van der Waals surface area contributed by atoms with E-state index >= 15 is 0 Å². The molecule has 0 aromatic heterocycles. The van der Waals surface area contributed by atoms with Gasteiger partial charge in [-0.3, -0.25) is 0 Å². The van der Waals surface area contributed by atoms with Crippen molar-refractivity contribution in [2.75, 3.05) is 0 Å². The Balaban J connectivity index is 1.93. The minimum Gasteiger partial charge on any atom is -0.390 e. The lowest BCUT2D eigenvalue weighted by Gasteiger charge is -2.44. The SMILES string of the molecule is CC1CCC(O)(C(O)C2CCC2)CC1. The number of aliphatic hydroxyl groups is 2. The van der Waals surface area contributed by atoms with Crippen LogP contribution in [0, 0.1) is 11.8 Å². The van der Waals surface area contributed by atoms with Gasteiger partial charge in [-0.15, -0.1) is 0 Å². The normalized spacial score (nSPS) is 41.8. The van der Waals surface area contributed by atoms with E-state index in [1.807, 2.05) is 0 Å². The van der Waals surface area contributed by atoms with Gasteiger partial charge in [-0.05, 0) is 50.4 Å². The number of hydrogen-bond donors (Lipinski definition) is 2. The minimum atomic E-state index is -0.752. The Bertz CT molecular complexity index is 190. The molecule has 0 spiro atoms. The van der Waals surface area contributed by atoms with Crippen molar-refractivity contribution >= 4 is 0 Å². The maximum atomic E-state index is 10.3. The Kier molecular flexibility index (Phi) is 2.85. The second-order valence-electron chi connectivity index (χ2n) is 5.42. The highest BCUT2D eigenvalue weighted by Crippen LogP contribution is 2.41. The molecule has 2 nitrogen and oxygen atoms in total. The molecule has 2 fully saturated rings. The Hall–Kier alpha value is -0.0800. The van der Waals surface area contributed by atoms with Crippen molar-refractivity contribution < 1.29 is 10.2 Å². The molecule has 2 aliphatic rings. The topological polar surface area (TPSA) is 40.5 Å². The van der Waals surface area contributed by atoms with Crippen molar-refractivity contribution in [1.29, 1.82) is 0 Å². The highest BCUT2D eigenvalue weighted by atomic mass is 16.3. The zero-order chi connectivity index (χ0) is 10.2. The maximum absolute atomic E-state index is 10.3. The third-order valence-electron chi connectivity index (χ3n) is 4.29. The fourth-order valence-corrected chi connectivity index (χ4v) is 2.75. The van der Waals surface area contributed by atoms with Crippen LogP contribution in [0.1, 0.15) is 51.9 Å². The van der Waals surface area contributed by atoms with Crippen molar-refractivity contribution in [2.24, 2.45) is 11.8 Å². The van der Waals surface area contributed by atoms with Crippen molar-refractivity contribution in [3.63, 3.8) is 0 Å². The van der Waals surface area contributed by atoms with E-state index in [-0.39, 0.29) is 0 Å². The molecule has 0 aromatic rings. The summed E-state index contributed by atoms with van der Waals surface area (Å²) in [5.41, 5.74) is -0.752. The van der Waals surface area contributed by atoms with Crippen LogP contribution in [0.4, 0.5) is 0 Å². The van der Waals surface area contributed by atoms with E-state index in [9.17, 15) is 10.2 Å². The van der Waals surface area contributed by atoms with Crippen LogP contribution < -0.4 is 0 Å². The van der Waals surface area contributed by atoms with E-state index < -0.39 is 11.7 Å². The average molecular weight is 198 g/mol. The molecule has 2 rings (SSSR count). The van der Waals surface area contributed by atoms with E-state index in [0.717, 1.165) is 44.4 Å². The molecule has 14 heavy (non-hydrogen) atoms. The molecule has 2 saturated carbocycles. The molecule has 2 heteroatoms. The molecule has 0 radical (unpaired) electrons. The minimum absolute atomic E-state index is 0.383. The van der Waals surface area contributed by atoms with Gasteiger partial charge in [-0.1, -0.05) is 13.3 Å². The van der Waals surface area contributed by atoms with Crippen molar-refractivity contribution in [3.8, 4) is 0 Å². The van der Waals surface area contributed by atoms with Gasteiger partial charge in [-0.25, -0.2) is 0 Å². The Morgan fingerprint density at radius 2 is 1.71 bits per heavy atom. The first-order valence-corrected chi connectivity index (χ1v) is 6.02. The second kappa shape index (κ2) is 3.82. The summed E-state index contributed by atoms with van der Waals surface area (Å²) >= 11 is 0. The lowest BCUT2D eigenvalue weighted by atomic mass is 9.68. The lowest BCUT2D eigenvalue weighted by Crippen LogP contribution is -2.50. The third-order valence-corrected chi connectivity index (χ3v) is 4.29. The van der Waals surface area contributed by atoms with E-state index in [4.69, 9.17) is 0 Å². The predicted octanol–water partition coefficient (Wildman–Crippen LogP) is 2.09. The van der Waals surface area contributed by atoms with E-state index in [1.165, 1.54) is 6.42 Å². The van der Waals surface area contributed by atoms with Crippen molar-refractivity contribution in [3.05, 3.63) is 0 Å². The fraction of sp³-hybridized carbons (Fsp3) is 1.00. The molecule has 0 saturated heterocycles. The first-order chi connectivity index (χ1) is 6.62. The van der Waals surface area contributed by atoms with Crippen LogP contribution in [0.3, 0.4) is 0 Å². The lowest BCUT2D eigenvalue weighted by molar-refractivity contribution is -0.136. The molecular formula is C12H22O2. The Morgan fingerprint density at radius 1 is 1.14 bits per heavy atom. The van der Waals surface area contributed by atoms with Gasteiger partial charge in [-0.2, -0.15) is 0 Å². The van der Waals surface area contributed by atoms with E-state index in [2.05, 4.69) is 6.92 Å². The molecule has 82 valence electrons. The van der Waals surface area contributed by atoms with Gasteiger partial charge in [0.05, 0.1) is 11.7 Å². The summed E-state index contributed by atoms with van der Waals surface area (Å²) < 4.78 is 0. The molecule has 2 aliphatic carbocycles. The predicted molar refractivity (Wildman–Crippen MR) is 55.9 cm³/mol. The van der Waals surface area contributed by atoms with Crippen LogP contribution in [0.2, 0.25) is 0 Å². The van der Waals surface area contributed by atoms with E-state index in [0.29, 0.717) is 5.92 Å². The van der Waals surface area contributed by atoms with E-state index in [1.54, 1.807) is 0 Å². The van der Waals surface area contributed by atoms with Crippen LogP contribution in [0.5, 0.6) is 0 Å². The quantitative estimate of drug-likeness (QED) is 0.713. The van der Waals surface area contributed by atoms with Gasteiger partial charge in [0.1, 0.15) is 0 Å².